The van der Waals surface area contributed by atoms with Gasteiger partial charge < -0.3 is 10.6 Å². The van der Waals surface area contributed by atoms with E-state index in [0.717, 1.165) is 16.3 Å². The first kappa shape index (κ1) is 17.4. The van der Waals surface area contributed by atoms with E-state index in [2.05, 4.69) is 25.6 Å². The first-order chi connectivity index (χ1) is 11.8. The third-order valence-electron chi connectivity index (χ3n) is 3.30. The lowest BCUT2D eigenvalue weighted by atomic mass is 10.2. The molecule has 0 atom stereocenters. The number of anilines is 2. The number of thiophene rings is 1. The molecular weight excluding hydrogens is 351 g/mol. The molecule has 3 aromatic rings. The zero-order valence-corrected chi connectivity index (χ0v) is 14.4. The molecule has 3 heterocycles. The standard InChI is InChI=1S/C16H16F3N5S/c1-9(2)22-15-23-11-5-6-25-13(11)14(24-15)21-8-10-3-4-12(20-7-10)16(17,18)19/h3-7,9H,8H2,1-2H3,(H2,21,22,23,24). The summed E-state index contributed by atoms with van der Waals surface area (Å²) in [7, 11) is 0. The second-order valence-electron chi connectivity index (χ2n) is 5.73. The van der Waals surface area contributed by atoms with Crippen LogP contribution in [0.25, 0.3) is 10.2 Å². The van der Waals surface area contributed by atoms with Gasteiger partial charge in [0.15, 0.2) is 0 Å². The van der Waals surface area contributed by atoms with E-state index in [-0.39, 0.29) is 6.04 Å². The molecule has 0 aliphatic carbocycles. The van der Waals surface area contributed by atoms with Crippen molar-refractivity contribution in [2.75, 3.05) is 10.6 Å². The first-order valence-electron chi connectivity index (χ1n) is 7.60. The molecule has 0 fully saturated rings. The topological polar surface area (TPSA) is 62.7 Å². The Morgan fingerprint density at radius 2 is 1.96 bits per heavy atom. The van der Waals surface area contributed by atoms with E-state index in [1.54, 1.807) is 0 Å². The quantitative estimate of drug-likeness (QED) is 0.693. The Hall–Kier alpha value is -2.42. The van der Waals surface area contributed by atoms with Crippen LogP contribution in [0.3, 0.4) is 0 Å². The minimum atomic E-state index is -4.43. The highest BCUT2D eigenvalue weighted by molar-refractivity contribution is 7.17. The number of fused-ring (bicyclic) bond motifs is 1. The fourth-order valence-electron chi connectivity index (χ4n) is 2.19. The SMILES string of the molecule is CC(C)Nc1nc(NCc2ccc(C(F)(F)F)nc2)c2sccc2n1. The zero-order valence-electron chi connectivity index (χ0n) is 13.6. The largest absolute Gasteiger partial charge is 0.433 e. The Kier molecular flexibility index (Phi) is 4.76. The lowest BCUT2D eigenvalue weighted by molar-refractivity contribution is -0.141. The van der Waals surface area contributed by atoms with Crippen LogP contribution in [0, 0.1) is 0 Å². The van der Waals surface area contributed by atoms with E-state index in [1.165, 1.54) is 23.6 Å². The van der Waals surface area contributed by atoms with Gasteiger partial charge in [-0.1, -0.05) is 6.07 Å². The fourth-order valence-corrected chi connectivity index (χ4v) is 2.99. The lowest BCUT2D eigenvalue weighted by Crippen LogP contribution is -2.13. The predicted molar refractivity (Wildman–Crippen MR) is 92.7 cm³/mol. The molecule has 0 unspecified atom stereocenters. The minimum Gasteiger partial charge on any atom is -0.365 e. The van der Waals surface area contributed by atoms with Crippen molar-refractivity contribution in [1.82, 2.24) is 15.0 Å². The van der Waals surface area contributed by atoms with E-state index in [0.29, 0.717) is 23.9 Å². The van der Waals surface area contributed by atoms with Gasteiger partial charge >= 0.3 is 6.18 Å². The molecule has 9 heteroatoms. The first-order valence-corrected chi connectivity index (χ1v) is 8.48. The Balaban J connectivity index is 1.79. The van der Waals surface area contributed by atoms with Crippen molar-refractivity contribution in [2.45, 2.75) is 32.6 Å². The number of nitrogens with zero attached hydrogens (tertiary/aromatic N) is 3. The molecule has 2 N–H and O–H groups in total. The second kappa shape index (κ2) is 6.83. The number of halogens is 3. The molecule has 0 amide bonds. The van der Waals surface area contributed by atoms with Crippen molar-refractivity contribution >= 4 is 33.3 Å². The van der Waals surface area contributed by atoms with E-state index in [9.17, 15) is 13.2 Å². The van der Waals surface area contributed by atoms with E-state index >= 15 is 0 Å². The summed E-state index contributed by atoms with van der Waals surface area (Å²) < 4.78 is 38.6. The third-order valence-corrected chi connectivity index (χ3v) is 4.21. The predicted octanol–water partition coefficient (Wildman–Crippen LogP) is 4.54. The number of rotatable bonds is 5. The van der Waals surface area contributed by atoms with Crippen LogP contribution in [0.1, 0.15) is 25.1 Å². The van der Waals surface area contributed by atoms with E-state index < -0.39 is 11.9 Å². The molecule has 0 saturated heterocycles. The van der Waals surface area contributed by atoms with Crippen LogP contribution < -0.4 is 10.6 Å². The van der Waals surface area contributed by atoms with Crippen molar-refractivity contribution in [3.05, 3.63) is 41.0 Å². The molecule has 25 heavy (non-hydrogen) atoms. The van der Waals surface area contributed by atoms with Crippen LogP contribution in [0.4, 0.5) is 24.9 Å². The molecule has 3 rings (SSSR count). The van der Waals surface area contributed by atoms with Gasteiger partial charge in [-0.05, 0) is 36.9 Å². The zero-order chi connectivity index (χ0) is 18.0. The molecule has 0 aliphatic heterocycles. The van der Waals surface area contributed by atoms with Crippen LogP contribution in [0.15, 0.2) is 29.8 Å². The highest BCUT2D eigenvalue weighted by Gasteiger charge is 2.31. The molecule has 0 radical (unpaired) electrons. The van der Waals surface area contributed by atoms with Gasteiger partial charge in [0.2, 0.25) is 5.95 Å². The molecule has 0 bridgehead atoms. The molecule has 0 aliphatic rings. The summed E-state index contributed by atoms with van der Waals surface area (Å²) in [6.45, 7) is 4.29. The van der Waals surface area contributed by atoms with Crippen molar-refractivity contribution in [2.24, 2.45) is 0 Å². The van der Waals surface area contributed by atoms with Gasteiger partial charge in [0, 0.05) is 18.8 Å². The average Bonchev–Trinajstić information content (AvgIpc) is 3.00. The van der Waals surface area contributed by atoms with Crippen molar-refractivity contribution in [3.63, 3.8) is 0 Å². The van der Waals surface area contributed by atoms with E-state index in [1.807, 2.05) is 25.3 Å². The Labute approximate surface area is 146 Å². The van der Waals surface area contributed by atoms with Crippen LogP contribution in [0.5, 0.6) is 0 Å². The number of aromatic nitrogens is 3. The van der Waals surface area contributed by atoms with Gasteiger partial charge in [-0.15, -0.1) is 11.3 Å². The molecule has 132 valence electrons. The monoisotopic (exact) mass is 367 g/mol. The maximum atomic E-state index is 12.6. The molecular formula is C16H16F3N5S. The minimum absolute atomic E-state index is 0.183. The summed E-state index contributed by atoms with van der Waals surface area (Å²) in [6, 6.07) is 4.47. The number of nitrogens with one attached hydrogen (secondary N) is 2. The molecule has 3 aromatic heterocycles. The average molecular weight is 367 g/mol. The molecule has 5 nitrogen and oxygen atoms in total. The van der Waals surface area contributed by atoms with Crippen LogP contribution in [-0.4, -0.2) is 21.0 Å². The van der Waals surface area contributed by atoms with Gasteiger partial charge in [0.1, 0.15) is 11.5 Å². The fraction of sp³-hybridized carbons (Fsp3) is 0.312. The maximum absolute atomic E-state index is 12.6. The molecule has 0 saturated carbocycles. The van der Waals surface area contributed by atoms with Gasteiger partial charge in [-0.2, -0.15) is 18.2 Å². The summed E-state index contributed by atoms with van der Waals surface area (Å²) in [4.78, 5) is 12.4. The maximum Gasteiger partial charge on any atom is 0.433 e. The summed E-state index contributed by atoms with van der Waals surface area (Å²) in [6.07, 6.45) is -3.21. The number of hydrogen-bond acceptors (Lipinski definition) is 6. The Bertz CT molecular complexity index is 858. The van der Waals surface area contributed by atoms with Gasteiger partial charge in [-0.25, -0.2) is 4.98 Å². The van der Waals surface area contributed by atoms with Gasteiger partial charge in [-0.3, -0.25) is 4.98 Å². The normalized spacial score (nSPS) is 11.9. The summed E-state index contributed by atoms with van der Waals surface area (Å²) >= 11 is 1.50. The van der Waals surface area contributed by atoms with Gasteiger partial charge in [0.05, 0.1) is 10.2 Å². The highest BCUT2D eigenvalue weighted by atomic mass is 32.1. The molecule has 0 aromatic carbocycles. The Morgan fingerprint density at radius 3 is 2.60 bits per heavy atom. The Morgan fingerprint density at radius 1 is 1.16 bits per heavy atom. The third kappa shape index (κ3) is 4.16. The highest BCUT2D eigenvalue weighted by Crippen LogP contribution is 2.29. The van der Waals surface area contributed by atoms with Gasteiger partial charge in [0.25, 0.3) is 0 Å². The van der Waals surface area contributed by atoms with Crippen molar-refractivity contribution in [3.8, 4) is 0 Å². The second-order valence-corrected chi connectivity index (χ2v) is 6.65. The lowest BCUT2D eigenvalue weighted by Gasteiger charge is -2.12. The van der Waals surface area contributed by atoms with E-state index in [4.69, 9.17) is 0 Å². The number of hydrogen-bond donors (Lipinski definition) is 2. The van der Waals surface area contributed by atoms with Crippen molar-refractivity contribution < 1.29 is 13.2 Å². The van der Waals surface area contributed by atoms with Crippen LogP contribution in [-0.2, 0) is 12.7 Å². The summed E-state index contributed by atoms with van der Waals surface area (Å²) in [5, 5.41) is 8.23. The van der Waals surface area contributed by atoms with Crippen LogP contribution >= 0.6 is 11.3 Å². The summed E-state index contributed by atoms with van der Waals surface area (Å²) in [5.41, 5.74) is 0.549. The smallest absolute Gasteiger partial charge is 0.365 e. The van der Waals surface area contributed by atoms with Crippen molar-refractivity contribution in [1.29, 1.82) is 0 Å². The van der Waals surface area contributed by atoms with Crippen LogP contribution in [0.2, 0.25) is 0 Å². The number of alkyl halides is 3. The molecule has 0 spiro atoms. The summed E-state index contributed by atoms with van der Waals surface area (Å²) in [5.74, 6) is 1.15. The number of pyridine rings is 1.